The Kier molecular flexibility index (Phi) is 7.41. The van der Waals surface area contributed by atoms with E-state index in [9.17, 15) is 4.79 Å². The molecule has 2 aromatic carbocycles. The van der Waals surface area contributed by atoms with E-state index in [-0.39, 0.29) is 12.0 Å². The number of carbonyl (C=O) groups is 1. The highest BCUT2D eigenvalue weighted by Crippen LogP contribution is 2.32. The zero-order valence-electron chi connectivity index (χ0n) is 19.0. The van der Waals surface area contributed by atoms with Gasteiger partial charge in [-0.15, -0.1) is 0 Å². The Hall–Kier alpha value is -2.17. The van der Waals surface area contributed by atoms with Crippen LogP contribution in [0.3, 0.4) is 0 Å². The first-order valence-corrected chi connectivity index (χ1v) is 12.0. The molecule has 2 heterocycles. The molecule has 4 nitrogen and oxygen atoms in total. The molecule has 2 fully saturated rings. The predicted octanol–water partition coefficient (Wildman–Crippen LogP) is 4.19. The number of piperazine rings is 1. The molecule has 2 aliphatic rings. The molecular weight excluding hydrogens is 382 g/mol. The van der Waals surface area contributed by atoms with Crippen LogP contribution in [0.5, 0.6) is 0 Å². The molecule has 2 saturated heterocycles. The fourth-order valence-corrected chi connectivity index (χ4v) is 5.53. The third-order valence-electron chi connectivity index (χ3n) is 7.12. The van der Waals surface area contributed by atoms with Crippen LogP contribution >= 0.6 is 0 Å². The van der Waals surface area contributed by atoms with E-state index in [1.54, 1.807) is 0 Å². The van der Waals surface area contributed by atoms with Crippen molar-refractivity contribution in [2.45, 2.75) is 32.7 Å². The molecule has 2 aromatic rings. The van der Waals surface area contributed by atoms with E-state index < -0.39 is 0 Å². The van der Waals surface area contributed by atoms with Crippen molar-refractivity contribution in [2.75, 3.05) is 39.3 Å². The number of amides is 1. The second kappa shape index (κ2) is 10.4. The maximum atomic E-state index is 13.5. The smallest absolute Gasteiger partial charge is 0.226 e. The lowest BCUT2D eigenvalue weighted by atomic mass is 9.77. The Labute approximate surface area is 187 Å². The molecule has 2 aliphatic heterocycles. The van der Waals surface area contributed by atoms with Crippen LogP contribution in [-0.2, 0) is 4.79 Å². The Bertz CT molecular complexity index is 769. The van der Waals surface area contributed by atoms with E-state index in [0.29, 0.717) is 17.7 Å². The number of piperidine rings is 1. The molecule has 4 rings (SSSR count). The highest BCUT2D eigenvalue weighted by molar-refractivity contribution is 5.79. The molecule has 0 radical (unpaired) electrons. The summed E-state index contributed by atoms with van der Waals surface area (Å²) in [5, 5.41) is 3.44. The largest absolute Gasteiger partial charge is 0.340 e. The lowest BCUT2D eigenvalue weighted by Crippen LogP contribution is -2.53. The zero-order valence-corrected chi connectivity index (χ0v) is 19.0. The summed E-state index contributed by atoms with van der Waals surface area (Å²) in [4.78, 5) is 18.2. The van der Waals surface area contributed by atoms with E-state index in [1.807, 2.05) is 0 Å². The highest BCUT2D eigenvalue weighted by atomic mass is 16.2. The van der Waals surface area contributed by atoms with E-state index in [1.165, 1.54) is 11.1 Å². The van der Waals surface area contributed by atoms with Crippen LogP contribution in [0.15, 0.2) is 60.7 Å². The molecule has 0 saturated carbocycles. The summed E-state index contributed by atoms with van der Waals surface area (Å²) >= 11 is 0. The van der Waals surface area contributed by atoms with Gasteiger partial charge in [-0.05, 0) is 48.9 Å². The molecule has 31 heavy (non-hydrogen) atoms. The Morgan fingerprint density at radius 3 is 1.84 bits per heavy atom. The molecule has 0 aromatic heterocycles. The average Bonchev–Trinajstić information content (AvgIpc) is 2.82. The van der Waals surface area contributed by atoms with Gasteiger partial charge in [0.15, 0.2) is 0 Å². The SMILES string of the molecule is CC(C)[C@H](C(=O)N1CCN(C(c2ccccc2)c2ccccc2)CC1)C1CCNCC1. The van der Waals surface area contributed by atoms with Crippen LogP contribution in [0.4, 0.5) is 0 Å². The summed E-state index contributed by atoms with van der Waals surface area (Å²) in [6.45, 7) is 10.0. The summed E-state index contributed by atoms with van der Waals surface area (Å²) < 4.78 is 0. The summed E-state index contributed by atoms with van der Waals surface area (Å²) in [6, 6.07) is 21.8. The summed E-state index contributed by atoms with van der Waals surface area (Å²) in [5.74, 6) is 1.47. The van der Waals surface area contributed by atoms with Gasteiger partial charge in [-0.2, -0.15) is 0 Å². The number of hydrogen-bond acceptors (Lipinski definition) is 3. The summed E-state index contributed by atoms with van der Waals surface area (Å²) in [7, 11) is 0. The monoisotopic (exact) mass is 419 g/mol. The molecule has 0 spiro atoms. The van der Waals surface area contributed by atoms with E-state index >= 15 is 0 Å². The number of nitrogens with one attached hydrogen (secondary N) is 1. The van der Waals surface area contributed by atoms with Gasteiger partial charge in [-0.25, -0.2) is 0 Å². The van der Waals surface area contributed by atoms with E-state index in [2.05, 4.69) is 89.6 Å². The molecule has 4 heteroatoms. The number of rotatable bonds is 6. The molecule has 1 N–H and O–H groups in total. The fraction of sp³-hybridized carbons (Fsp3) is 0.519. The van der Waals surface area contributed by atoms with Crippen molar-refractivity contribution in [1.82, 2.24) is 15.1 Å². The predicted molar refractivity (Wildman–Crippen MR) is 127 cm³/mol. The van der Waals surface area contributed by atoms with Gasteiger partial charge in [-0.3, -0.25) is 9.69 Å². The van der Waals surface area contributed by atoms with Gasteiger partial charge in [0.2, 0.25) is 5.91 Å². The standard InChI is InChI=1S/C27H37N3O/c1-21(2)25(22-13-15-28-16-14-22)27(31)30-19-17-29(18-20-30)26(23-9-5-3-6-10-23)24-11-7-4-8-12-24/h3-12,21-22,25-26,28H,13-20H2,1-2H3/t25-/m0/s1. The van der Waals surface area contributed by atoms with Gasteiger partial charge < -0.3 is 10.2 Å². The zero-order chi connectivity index (χ0) is 21.6. The van der Waals surface area contributed by atoms with Crippen molar-refractivity contribution < 1.29 is 4.79 Å². The molecule has 0 bridgehead atoms. The van der Waals surface area contributed by atoms with E-state index in [4.69, 9.17) is 0 Å². The Morgan fingerprint density at radius 2 is 1.35 bits per heavy atom. The first-order chi connectivity index (χ1) is 15.1. The Balaban J connectivity index is 1.46. The lowest BCUT2D eigenvalue weighted by Gasteiger charge is -2.42. The number of hydrogen-bond donors (Lipinski definition) is 1. The van der Waals surface area contributed by atoms with Gasteiger partial charge in [-0.1, -0.05) is 74.5 Å². The first kappa shape index (κ1) is 22.0. The first-order valence-electron chi connectivity index (χ1n) is 12.0. The topological polar surface area (TPSA) is 35.6 Å². The highest BCUT2D eigenvalue weighted by Gasteiger charge is 2.36. The minimum absolute atomic E-state index is 0.160. The van der Waals surface area contributed by atoms with Crippen LogP contribution in [0, 0.1) is 17.8 Å². The van der Waals surface area contributed by atoms with Crippen molar-refractivity contribution in [1.29, 1.82) is 0 Å². The number of nitrogens with zero attached hydrogens (tertiary/aromatic N) is 2. The van der Waals surface area contributed by atoms with Gasteiger partial charge >= 0.3 is 0 Å². The summed E-state index contributed by atoms with van der Waals surface area (Å²) in [6.07, 6.45) is 2.25. The van der Waals surface area contributed by atoms with Crippen molar-refractivity contribution in [3.63, 3.8) is 0 Å². The molecule has 1 amide bonds. The second-order valence-electron chi connectivity index (χ2n) is 9.44. The van der Waals surface area contributed by atoms with Crippen molar-refractivity contribution >= 4 is 5.91 Å². The van der Waals surface area contributed by atoms with Crippen LogP contribution < -0.4 is 5.32 Å². The van der Waals surface area contributed by atoms with Crippen LogP contribution in [0.2, 0.25) is 0 Å². The lowest BCUT2D eigenvalue weighted by molar-refractivity contribution is -0.141. The maximum absolute atomic E-state index is 13.5. The third-order valence-corrected chi connectivity index (χ3v) is 7.12. The minimum atomic E-state index is 0.160. The number of carbonyl (C=O) groups excluding carboxylic acids is 1. The van der Waals surface area contributed by atoms with E-state index in [0.717, 1.165) is 52.1 Å². The van der Waals surface area contributed by atoms with Crippen molar-refractivity contribution in [3.8, 4) is 0 Å². The second-order valence-corrected chi connectivity index (χ2v) is 9.44. The average molecular weight is 420 g/mol. The van der Waals surface area contributed by atoms with Gasteiger partial charge in [0.25, 0.3) is 0 Å². The van der Waals surface area contributed by atoms with Gasteiger partial charge in [0.1, 0.15) is 0 Å². The van der Waals surface area contributed by atoms with Crippen molar-refractivity contribution in [3.05, 3.63) is 71.8 Å². The maximum Gasteiger partial charge on any atom is 0.226 e. The minimum Gasteiger partial charge on any atom is -0.340 e. The van der Waals surface area contributed by atoms with Crippen LogP contribution in [0.1, 0.15) is 43.9 Å². The van der Waals surface area contributed by atoms with Crippen LogP contribution in [-0.4, -0.2) is 55.0 Å². The Morgan fingerprint density at radius 1 is 0.839 bits per heavy atom. The van der Waals surface area contributed by atoms with Gasteiger partial charge in [0, 0.05) is 32.1 Å². The number of benzene rings is 2. The fourth-order valence-electron chi connectivity index (χ4n) is 5.53. The van der Waals surface area contributed by atoms with Crippen LogP contribution in [0.25, 0.3) is 0 Å². The molecule has 0 unspecified atom stereocenters. The quantitative estimate of drug-likeness (QED) is 0.763. The molecular formula is C27H37N3O. The summed E-state index contributed by atoms with van der Waals surface area (Å²) in [5.41, 5.74) is 2.64. The normalized spacial score (nSPS) is 19.7. The third kappa shape index (κ3) is 5.19. The molecule has 0 aliphatic carbocycles. The van der Waals surface area contributed by atoms with Crippen molar-refractivity contribution in [2.24, 2.45) is 17.8 Å². The van der Waals surface area contributed by atoms with Gasteiger partial charge in [0.05, 0.1) is 6.04 Å². The molecule has 166 valence electrons. The molecule has 1 atom stereocenters.